The summed E-state index contributed by atoms with van der Waals surface area (Å²) in [6.45, 7) is 14.0. The van der Waals surface area contributed by atoms with Crippen molar-refractivity contribution in [1.82, 2.24) is 0 Å². The van der Waals surface area contributed by atoms with E-state index in [2.05, 4.69) is 136 Å². The van der Waals surface area contributed by atoms with Crippen molar-refractivity contribution in [2.24, 2.45) is 0 Å². The molecular weight excluding hydrogens is 594 g/mol. The Labute approximate surface area is 284 Å². The second kappa shape index (κ2) is 14.6. The zero-order valence-electron chi connectivity index (χ0n) is 28.4. The van der Waals surface area contributed by atoms with E-state index in [-0.39, 0.29) is 24.0 Å². The van der Waals surface area contributed by atoms with Crippen molar-refractivity contribution in [3.8, 4) is 0 Å². The molecule has 0 bridgehead atoms. The van der Waals surface area contributed by atoms with Crippen LogP contribution in [-0.2, 0) is 25.1 Å². The molecule has 0 spiro atoms. The number of esters is 2. The molecule has 0 aliphatic heterocycles. The van der Waals surface area contributed by atoms with E-state index in [1.165, 1.54) is 22.3 Å². The van der Waals surface area contributed by atoms with Crippen molar-refractivity contribution in [3.05, 3.63) is 173 Å². The molecule has 0 heterocycles. The van der Waals surface area contributed by atoms with E-state index in [0.717, 1.165) is 17.1 Å². The van der Waals surface area contributed by atoms with Crippen LogP contribution in [0.25, 0.3) is 0 Å². The zero-order valence-corrected chi connectivity index (χ0v) is 28.4. The second-order valence-corrected chi connectivity index (χ2v) is 13.0. The third-order valence-corrected chi connectivity index (χ3v) is 8.94. The third-order valence-electron chi connectivity index (χ3n) is 8.94. The zero-order chi connectivity index (χ0) is 34.3. The average Bonchev–Trinajstić information content (AvgIpc) is 3.11. The van der Waals surface area contributed by atoms with Crippen LogP contribution in [0.3, 0.4) is 0 Å². The van der Waals surface area contributed by atoms with Crippen LogP contribution in [0.2, 0.25) is 0 Å². The van der Waals surface area contributed by atoms with Gasteiger partial charge in [-0.15, -0.1) is 0 Å². The molecule has 0 radical (unpaired) electrons. The van der Waals surface area contributed by atoms with Crippen molar-refractivity contribution in [2.45, 2.75) is 45.4 Å². The van der Waals surface area contributed by atoms with Gasteiger partial charge in [0.1, 0.15) is 13.2 Å². The highest BCUT2D eigenvalue weighted by atomic mass is 16.6. The van der Waals surface area contributed by atoms with Crippen LogP contribution in [0.5, 0.6) is 0 Å². The van der Waals surface area contributed by atoms with Gasteiger partial charge in [-0.2, -0.15) is 0 Å². The highest BCUT2D eigenvalue weighted by molar-refractivity contribution is 5.90. The smallest absolute Gasteiger partial charge is 0.338 e. The van der Waals surface area contributed by atoms with Crippen LogP contribution >= 0.6 is 0 Å². The first-order valence-electron chi connectivity index (χ1n) is 16.2. The Balaban J connectivity index is 1.43. The molecule has 48 heavy (non-hydrogen) atoms. The molecule has 0 aromatic heterocycles. The molecule has 5 aromatic carbocycles. The van der Waals surface area contributed by atoms with Crippen LogP contribution in [0, 0.1) is 0 Å². The molecule has 0 N–H and O–H groups in total. The standard InChI is InChI=1S/C43H43NO4/c1-31(2)40(45)47-29-30-48-41(46)32-17-23-37(24-18-32)44(38-25-19-35(20-26-38)42(3,4)33-13-9-7-10-14-33)39-27-21-36(22-28-39)43(5,6)34-15-11-8-12-16-34/h7-28H,1,29-30H2,2-6H3. The summed E-state index contributed by atoms with van der Waals surface area (Å²) in [5.74, 6) is -0.997. The van der Waals surface area contributed by atoms with Crippen LogP contribution in [0.4, 0.5) is 17.1 Å². The summed E-state index contributed by atoms with van der Waals surface area (Å²) < 4.78 is 10.4. The lowest BCUT2D eigenvalue weighted by Gasteiger charge is -2.30. The highest BCUT2D eigenvalue weighted by Gasteiger charge is 2.25. The summed E-state index contributed by atoms with van der Waals surface area (Å²) >= 11 is 0. The highest BCUT2D eigenvalue weighted by Crippen LogP contribution is 2.39. The molecule has 0 aliphatic carbocycles. The van der Waals surface area contributed by atoms with Gasteiger partial charge in [0, 0.05) is 33.5 Å². The molecule has 5 aromatic rings. The average molecular weight is 638 g/mol. The minimum Gasteiger partial charge on any atom is -0.459 e. The number of benzene rings is 5. The fourth-order valence-corrected chi connectivity index (χ4v) is 5.77. The van der Waals surface area contributed by atoms with Crippen molar-refractivity contribution in [2.75, 3.05) is 18.1 Å². The summed E-state index contributed by atoms with van der Waals surface area (Å²) in [6.07, 6.45) is 0. The summed E-state index contributed by atoms with van der Waals surface area (Å²) in [6, 6.07) is 45.8. The molecule has 0 saturated heterocycles. The van der Waals surface area contributed by atoms with Gasteiger partial charge in [0.05, 0.1) is 5.56 Å². The maximum Gasteiger partial charge on any atom is 0.338 e. The van der Waals surface area contributed by atoms with Gasteiger partial charge in [-0.3, -0.25) is 0 Å². The van der Waals surface area contributed by atoms with Gasteiger partial charge >= 0.3 is 11.9 Å². The minimum absolute atomic E-state index is 0.0303. The lowest BCUT2D eigenvalue weighted by molar-refractivity contribution is -0.140. The Kier molecular flexibility index (Phi) is 10.3. The van der Waals surface area contributed by atoms with Gasteiger partial charge in [0.25, 0.3) is 0 Å². The van der Waals surface area contributed by atoms with E-state index in [4.69, 9.17) is 9.47 Å². The van der Waals surface area contributed by atoms with E-state index in [0.29, 0.717) is 11.1 Å². The number of carbonyl (C=O) groups excluding carboxylic acids is 2. The molecule has 0 fully saturated rings. The van der Waals surface area contributed by atoms with E-state index in [9.17, 15) is 9.59 Å². The lowest BCUT2D eigenvalue weighted by Crippen LogP contribution is -2.19. The van der Waals surface area contributed by atoms with Crippen molar-refractivity contribution in [1.29, 1.82) is 0 Å². The maximum atomic E-state index is 12.7. The van der Waals surface area contributed by atoms with E-state index >= 15 is 0 Å². The molecule has 0 amide bonds. The summed E-state index contributed by atoms with van der Waals surface area (Å²) in [5, 5.41) is 0. The van der Waals surface area contributed by atoms with Crippen molar-refractivity contribution in [3.63, 3.8) is 0 Å². The molecular formula is C43H43NO4. The fourth-order valence-electron chi connectivity index (χ4n) is 5.77. The van der Waals surface area contributed by atoms with Gasteiger partial charge < -0.3 is 14.4 Å². The number of nitrogens with zero attached hydrogens (tertiary/aromatic N) is 1. The normalized spacial score (nSPS) is 11.4. The van der Waals surface area contributed by atoms with Gasteiger partial charge in [0.2, 0.25) is 0 Å². The van der Waals surface area contributed by atoms with Gasteiger partial charge in [-0.1, -0.05) is 119 Å². The van der Waals surface area contributed by atoms with Crippen molar-refractivity contribution < 1.29 is 19.1 Å². The van der Waals surface area contributed by atoms with Gasteiger partial charge in [-0.05, 0) is 77.7 Å². The molecule has 0 atom stereocenters. The second-order valence-electron chi connectivity index (χ2n) is 13.0. The van der Waals surface area contributed by atoms with Crippen LogP contribution in [-0.4, -0.2) is 25.2 Å². The fraction of sp³-hybridized carbons (Fsp3) is 0.209. The molecule has 5 rings (SSSR count). The Bertz CT molecular complexity index is 1750. The van der Waals surface area contributed by atoms with Gasteiger partial charge in [-0.25, -0.2) is 9.59 Å². The molecule has 0 unspecified atom stereocenters. The largest absolute Gasteiger partial charge is 0.459 e. The summed E-state index contributed by atoms with van der Waals surface area (Å²) in [4.78, 5) is 26.5. The maximum absolute atomic E-state index is 12.7. The number of hydrogen-bond donors (Lipinski definition) is 0. The monoisotopic (exact) mass is 637 g/mol. The number of rotatable bonds is 12. The Morgan fingerprint density at radius 1 is 0.542 bits per heavy atom. The lowest BCUT2D eigenvalue weighted by atomic mass is 9.78. The molecule has 5 nitrogen and oxygen atoms in total. The first-order valence-corrected chi connectivity index (χ1v) is 16.2. The summed E-state index contributed by atoms with van der Waals surface area (Å²) in [5.41, 5.74) is 8.18. The first-order chi connectivity index (χ1) is 23.0. The van der Waals surface area contributed by atoms with Crippen LogP contribution < -0.4 is 4.90 Å². The van der Waals surface area contributed by atoms with E-state index < -0.39 is 11.9 Å². The summed E-state index contributed by atoms with van der Waals surface area (Å²) in [7, 11) is 0. The molecule has 0 saturated carbocycles. The van der Waals surface area contributed by atoms with Crippen LogP contribution in [0.1, 0.15) is 67.2 Å². The van der Waals surface area contributed by atoms with Gasteiger partial charge in [0.15, 0.2) is 0 Å². The van der Waals surface area contributed by atoms with E-state index in [1.54, 1.807) is 19.1 Å². The minimum atomic E-state index is -0.510. The number of ether oxygens (including phenoxy) is 2. The third kappa shape index (κ3) is 7.58. The first kappa shape index (κ1) is 33.9. The predicted molar refractivity (Wildman–Crippen MR) is 194 cm³/mol. The van der Waals surface area contributed by atoms with E-state index in [1.807, 2.05) is 24.3 Å². The van der Waals surface area contributed by atoms with Crippen molar-refractivity contribution >= 4 is 29.0 Å². The number of anilines is 3. The number of hydrogen-bond acceptors (Lipinski definition) is 5. The molecule has 5 heteroatoms. The SMILES string of the molecule is C=C(C)C(=O)OCCOC(=O)c1ccc(N(c2ccc(C(C)(C)c3ccccc3)cc2)c2ccc(C(C)(C)c3ccccc3)cc2)cc1. The Morgan fingerprint density at radius 3 is 1.29 bits per heavy atom. The molecule has 244 valence electrons. The predicted octanol–water partition coefficient (Wildman–Crippen LogP) is 10.1. The Morgan fingerprint density at radius 2 is 0.896 bits per heavy atom. The molecule has 0 aliphatic rings. The topological polar surface area (TPSA) is 55.8 Å². The van der Waals surface area contributed by atoms with Crippen LogP contribution in [0.15, 0.2) is 146 Å². The quantitative estimate of drug-likeness (QED) is 0.0774. The number of carbonyl (C=O) groups is 2. The Hall–Kier alpha value is -5.42.